The van der Waals surface area contributed by atoms with Crippen molar-refractivity contribution in [2.75, 3.05) is 39.6 Å². The number of amides is 2. The first kappa shape index (κ1) is 30.8. The Balaban J connectivity index is 1.76. The van der Waals surface area contributed by atoms with Crippen LogP contribution < -0.4 is 10.5 Å². The number of ether oxygens (including phenoxy) is 2. The summed E-state index contributed by atoms with van der Waals surface area (Å²) in [5.41, 5.74) is 2.11. The van der Waals surface area contributed by atoms with Crippen molar-refractivity contribution in [2.45, 2.75) is 18.8 Å². The van der Waals surface area contributed by atoms with Gasteiger partial charge in [0.25, 0.3) is 5.91 Å². The molecule has 2 fully saturated rings. The van der Waals surface area contributed by atoms with Gasteiger partial charge in [0.15, 0.2) is 0 Å². The maximum Gasteiger partial charge on any atom is 0.416 e. The number of nitrogens with two attached hydrogens (primary N) is 1. The minimum atomic E-state index is -5.04. The van der Waals surface area contributed by atoms with E-state index in [4.69, 9.17) is 27.4 Å². The van der Waals surface area contributed by atoms with E-state index in [1.807, 2.05) is 4.90 Å². The molecule has 2 N–H and O–H groups in total. The van der Waals surface area contributed by atoms with Crippen LogP contribution in [0.15, 0.2) is 41.3 Å². The normalized spacial score (nSPS) is 17.9. The molecule has 2 aromatic carbocycles. The third-order valence-corrected chi connectivity index (χ3v) is 7.54. The number of carbonyl (C=O) groups excluding carboxylic acids is 2. The van der Waals surface area contributed by atoms with E-state index in [1.165, 1.54) is 29.2 Å². The van der Waals surface area contributed by atoms with E-state index in [9.17, 15) is 35.9 Å². The Kier molecular flexibility index (Phi) is 9.31. The summed E-state index contributed by atoms with van der Waals surface area (Å²) in [6.07, 6.45) is -8.78. The minimum absolute atomic E-state index is 0.0264. The molecule has 0 saturated carbocycles. The lowest BCUT2D eigenvalue weighted by molar-refractivity contribution is -0.143. The zero-order valence-electron chi connectivity index (χ0n) is 21.2. The van der Waals surface area contributed by atoms with Crippen LogP contribution in [0.5, 0.6) is 5.75 Å². The van der Waals surface area contributed by atoms with Crippen LogP contribution in [0.3, 0.4) is 0 Å². The SMILES string of the molecule is NC(=O)CCN1C(=O)/C(=C/c2ccc(OCN3CCOCC3)c(-c3cc(C(F)(F)F)cc(C(F)(F)F)c3)c2)SC1=S. The summed E-state index contributed by atoms with van der Waals surface area (Å²) < 4.78 is 93.0. The molecule has 2 aliphatic heterocycles. The molecule has 2 aromatic rings. The predicted octanol–water partition coefficient (Wildman–Crippen LogP) is 5.14. The number of halogens is 6. The molecule has 4 rings (SSSR count). The Morgan fingerprint density at radius 2 is 1.68 bits per heavy atom. The summed E-state index contributed by atoms with van der Waals surface area (Å²) in [6, 6.07) is 5.59. The summed E-state index contributed by atoms with van der Waals surface area (Å²) >= 11 is 6.15. The van der Waals surface area contributed by atoms with Gasteiger partial charge in [-0.05, 0) is 47.5 Å². The molecule has 0 radical (unpaired) electrons. The zero-order chi connectivity index (χ0) is 29.9. The van der Waals surface area contributed by atoms with Gasteiger partial charge < -0.3 is 15.2 Å². The molecule has 2 saturated heterocycles. The van der Waals surface area contributed by atoms with Crippen molar-refractivity contribution in [3.63, 3.8) is 0 Å². The van der Waals surface area contributed by atoms with Gasteiger partial charge in [-0.3, -0.25) is 19.4 Å². The molecule has 0 aliphatic carbocycles. The maximum absolute atomic E-state index is 13.6. The van der Waals surface area contributed by atoms with Gasteiger partial charge >= 0.3 is 12.4 Å². The average molecular weight is 620 g/mol. The predicted molar refractivity (Wildman–Crippen MR) is 143 cm³/mol. The van der Waals surface area contributed by atoms with Gasteiger partial charge in [0, 0.05) is 31.6 Å². The highest BCUT2D eigenvalue weighted by atomic mass is 32.2. The first-order valence-electron chi connectivity index (χ1n) is 12.1. The average Bonchev–Trinajstić information content (AvgIpc) is 3.17. The molecule has 2 heterocycles. The number of rotatable bonds is 8. The summed E-state index contributed by atoms with van der Waals surface area (Å²) in [7, 11) is 0. The van der Waals surface area contributed by atoms with Gasteiger partial charge in [0.1, 0.15) is 16.8 Å². The second kappa shape index (κ2) is 12.4. The Morgan fingerprint density at radius 3 is 2.27 bits per heavy atom. The standard InChI is InChI=1S/C26H23F6N3O4S2/c27-25(28,29)17-11-16(12-18(13-17)26(30,31)32)19-9-15(1-2-20(19)39-14-34-5-7-38-8-6-34)10-21-23(37)35(24(40)41-21)4-3-22(33)36/h1-2,9-13H,3-8,14H2,(H2,33,36)/b21-10-. The maximum atomic E-state index is 13.6. The lowest BCUT2D eigenvalue weighted by Crippen LogP contribution is -2.38. The smallest absolute Gasteiger partial charge is 0.416 e. The van der Waals surface area contributed by atoms with Crippen LogP contribution in [0.25, 0.3) is 17.2 Å². The summed E-state index contributed by atoms with van der Waals surface area (Å²) in [5, 5.41) is 0. The van der Waals surface area contributed by atoms with Crippen molar-refractivity contribution in [1.82, 2.24) is 9.80 Å². The van der Waals surface area contributed by atoms with Crippen molar-refractivity contribution < 1.29 is 45.4 Å². The molecule has 2 aliphatic rings. The second-order valence-corrected chi connectivity index (χ2v) is 10.8. The van der Waals surface area contributed by atoms with Crippen molar-refractivity contribution in [1.29, 1.82) is 0 Å². The quantitative estimate of drug-likeness (QED) is 0.249. The lowest BCUT2D eigenvalue weighted by atomic mass is 9.96. The molecule has 220 valence electrons. The van der Waals surface area contributed by atoms with Crippen LogP contribution in [-0.4, -0.2) is 65.5 Å². The molecule has 0 spiro atoms. The van der Waals surface area contributed by atoms with Gasteiger partial charge in [-0.2, -0.15) is 26.3 Å². The van der Waals surface area contributed by atoms with Crippen molar-refractivity contribution in [3.8, 4) is 16.9 Å². The molecule has 0 atom stereocenters. The van der Waals surface area contributed by atoms with E-state index in [2.05, 4.69) is 0 Å². The first-order valence-corrected chi connectivity index (χ1v) is 13.4. The molecule has 0 unspecified atom stereocenters. The molecule has 41 heavy (non-hydrogen) atoms. The van der Waals surface area contributed by atoms with Gasteiger partial charge in [-0.25, -0.2) is 0 Å². The zero-order valence-corrected chi connectivity index (χ0v) is 22.8. The number of morpholine rings is 1. The summed E-state index contributed by atoms with van der Waals surface area (Å²) in [4.78, 5) is 27.2. The highest BCUT2D eigenvalue weighted by Gasteiger charge is 2.37. The van der Waals surface area contributed by atoms with Crippen molar-refractivity contribution in [2.24, 2.45) is 5.73 Å². The van der Waals surface area contributed by atoms with Crippen LogP contribution in [0.4, 0.5) is 26.3 Å². The molecule has 7 nitrogen and oxygen atoms in total. The number of carbonyl (C=O) groups is 2. The molecule has 0 bridgehead atoms. The Hall–Kier alpha value is -3.14. The van der Waals surface area contributed by atoms with Crippen molar-refractivity contribution in [3.05, 3.63) is 58.0 Å². The summed E-state index contributed by atoms with van der Waals surface area (Å²) in [5.74, 6) is -1.08. The van der Waals surface area contributed by atoms with Crippen LogP contribution in [0, 0.1) is 0 Å². The third kappa shape index (κ3) is 7.78. The number of thioether (sulfide) groups is 1. The number of benzene rings is 2. The van der Waals surface area contributed by atoms with E-state index in [-0.39, 0.29) is 51.9 Å². The summed E-state index contributed by atoms with van der Waals surface area (Å²) in [6.45, 7) is 1.98. The van der Waals surface area contributed by atoms with Gasteiger partial charge in [-0.15, -0.1) is 0 Å². The number of nitrogens with zero attached hydrogens (tertiary/aromatic N) is 2. The molecule has 15 heteroatoms. The number of alkyl halides is 6. The molecular formula is C26H23F6N3O4S2. The van der Waals surface area contributed by atoms with Gasteiger partial charge in [0.2, 0.25) is 5.91 Å². The lowest BCUT2D eigenvalue weighted by Gasteiger charge is -2.27. The Labute approximate surface area is 240 Å². The number of hydrogen-bond acceptors (Lipinski definition) is 7. The third-order valence-electron chi connectivity index (χ3n) is 6.16. The monoisotopic (exact) mass is 619 g/mol. The molecular weight excluding hydrogens is 596 g/mol. The van der Waals surface area contributed by atoms with E-state index in [0.29, 0.717) is 44.0 Å². The number of thiocarbonyl (C=S) groups is 1. The Morgan fingerprint density at radius 1 is 1.05 bits per heavy atom. The van der Waals surface area contributed by atoms with Crippen LogP contribution in [0.1, 0.15) is 23.1 Å². The first-order chi connectivity index (χ1) is 19.2. The van der Waals surface area contributed by atoms with Gasteiger partial charge in [0.05, 0.1) is 29.2 Å². The minimum Gasteiger partial charge on any atom is -0.477 e. The van der Waals surface area contributed by atoms with Gasteiger partial charge in [-0.1, -0.05) is 30.0 Å². The highest BCUT2D eigenvalue weighted by Crippen LogP contribution is 2.41. The van der Waals surface area contributed by atoms with Crippen molar-refractivity contribution >= 4 is 46.2 Å². The van der Waals surface area contributed by atoms with E-state index >= 15 is 0 Å². The Bertz CT molecular complexity index is 1340. The molecule has 0 aromatic heterocycles. The molecule has 2 amide bonds. The topological polar surface area (TPSA) is 85.1 Å². The fourth-order valence-corrected chi connectivity index (χ4v) is 5.37. The fraction of sp³-hybridized carbons (Fsp3) is 0.346. The number of primary amides is 1. The largest absolute Gasteiger partial charge is 0.477 e. The van der Waals surface area contributed by atoms with Crippen LogP contribution in [-0.2, 0) is 26.7 Å². The van der Waals surface area contributed by atoms with E-state index in [0.717, 1.165) is 11.8 Å². The van der Waals surface area contributed by atoms with E-state index in [1.54, 1.807) is 0 Å². The fourth-order valence-electron chi connectivity index (χ4n) is 4.06. The van der Waals surface area contributed by atoms with Crippen LogP contribution >= 0.6 is 24.0 Å². The number of hydrogen-bond donors (Lipinski definition) is 1. The highest BCUT2D eigenvalue weighted by molar-refractivity contribution is 8.26. The van der Waals surface area contributed by atoms with Crippen LogP contribution in [0.2, 0.25) is 0 Å². The second-order valence-electron chi connectivity index (χ2n) is 9.10. The van der Waals surface area contributed by atoms with E-state index < -0.39 is 35.3 Å².